The maximum atomic E-state index is 11.5. The topological polar surface area (TPSA) is 83.5 Å². The van der Waals surface area contributed by atoms with Crippen molar-refractivity contribution in [1.29, 1.82) is 0 Å². The fourth-order valence-electron chi connectivity index (χ4n) is 1.15. The molecule has 1 atom stereocenters. The molecule has 0 aliphatic rings. The zero-order chi connectivity index (χ0) is 12.2. The highest BCUT2D eigenvalue weighted by atomic mass is 32.2. The first kappa shape index (κ1) is 14.4. The van der Waals surface area contributed by atoms with E-state index in [1.807, 2.05) is 0 Å². The van der Waals surface area contributed by atoms with Crippen LogP contribution >= 0.6 is 0 Å². The SMILES string of the molecule is CC(C)CS(=O)(=O)N[C@@H](C(=O)O)C(C)C. The molecule has 0 amide bonds. The molecule has 0 spiro atoms. The van der Waals surface area contributed by atoms with Crippen molar-refractivity contribution in [3.63, 3.8) is 0 Å². The minimum absolute atomic E-state index is 0.0240. The largest absolute Gasteiger partial charge is 0.480 e. The van der Waals surface area contributed by atoms with E-state index in [4.69, 9.17) is 5.11 Å². The Balaban J connectivity index is 4.61. The van der Waals surface area contributed by atoms with Crippen LogP contribution in [0.4, 0.5) is 0 Å². The molecule has 6 heteroatoms. The van der Waals surface area contributed by atoms with Crippen molar-refractivity contribution >= 4 is 16.0 Å². The van der Waals surface area contributed by atoms with Gasteiger partial charge in [-0.1, -0.05) is 27.7 Å². The predicted molar refractivity (Wildman–Crippen MR) is 58.0 cm³/mol. The number of carboxylic acid groups (broad SMARTS) is 1. The van der Waals surface area contributed by atoms with Crippen molar-refractivity contribution in [2.24, 2.45) is 11.8 Å². The van der Waals surface area contributed by atoms with Gasteiger partial charge in [-0.25, -0.2) is 13.1 Å². The predicted octanol–water partition coefficient (Wildman–Crippen LogP) is 0.671. The first-order valence-electron chi connectivity index (χ1n) is 4.88. The van der Waals surface area contributed by atoms with Crippen LogP contribution in [0.1, 0.15) is 27.7 Å². The van der Waals surface area contributed by atoms with E-state index in [-0.39, 0.29) is 17.6 Å². The van der Waals surface area contributed by atoms with Crippen LogP contribution in [0.5, 0.6) is 0 Å². The fraction of sp³-hybridized carbons (Fsp3) is 0.889. The maximum Gasteiger partial charge on any atom is 0.321 e. The lowest BCUT2D eigenvalue weighted by Gasteiger charge is -2.18. The molecule has 15 heavy (non-hydrogen) atoms. The van der Waals surface area contributed by atoms with Crippen molar-refractivity contribution in [3.8, 4) is 0 Å². The minimum Gasteiger partial charge on any atom is -0.480 e. The number of hydrogen-bond acceptors (Lipinski definition) is 3. The summed E-state index contributed by atoms with van der Waals surface area (Å²) in [4.78, 5) is 10.8. The van der Waals surface area contributed by atoms with Crippen LogP contribution < -0.4 is 4.72 Å². The van der Waals surface area contributed by atoms with Gasteiger partial charge in [0.2, 0.25) is 10.0 Å². The number of hydrogen-bond donors (Lipinski definition) is 2. The van der Waals surface area contributed by atoms with Gasteiger partial charge in [-0.15, -0.1) is 0 Å². The van der Waals surface area contributed by atoms with E-state index in [9.17, 15) is 13.2 Å². The van der Waals surface area contributed by atoms with Crippen LogP contribution in [0.2, 0.25) is 0 Å². The third-order valence-electron chi connectivity index (χ3n) is 1.79. The highest BCUT2D eigenvalue weighted by Gasteiger charge is 2.27. The fourth-order valence-corrected chi connectivity index (χ4v) is 2.89. The molecule has 0 heterocycles. The van der Waals surface area contributed by atoms with Crippen molar-refractivity contribution < 1.29 is 18.3 Å². The summed E-state index contributed by atoms with van der Waals surface area (Å²) in [5, 5.41) is 8.81. The molecule has 0 saturated heterocycles. The van der Waals surface area contributed by atoms with E-state index >= 15 is 0 Å². The summed E-state index contributed by atoms with van der Waals surface area (Å²) in [6, 6.07) is -1.05. The third kappa shape index (κ3) is 5.74. The molecule has 2 N–H and O–H groups in total. The molecule has 0 bridgehead atoms. The van der Waals surface area contributed by atoms with Crippen LogP contribution in [0, 0.1) is 11.8 Å². The van der Waals surface area contributed by atoms with Gasteiger partial charge >= 0.3 is 5.97 Å². The van der Waals surface area contributed by atoms with E-state index in [1.54, 1.807) is 27.7 Å². The number of carboxylic acids is 1. The molecule has 0 aromatic carbocycles. The Morgan fingerprint density at radius 3 is 2.00 bits per heavy atom. The Hall–Kier alpha value is -0.620. The zero-order valence-corrected chi connectivity index (χ0v) is 10.3. The Labute approximate surface area is 90.9 Å². The molecular formula is C9H19NO4S. The Morgan fingerprint density at radius 1 is 1.27 bits per heavy atom. The van der Waals surface area contributed by atoms with Crippen molar-refractivity contribution in [2.75, 3.05) is 5.75 Å². The Morgan fingerprint density at radius 2 is 1.73 bits per heavy atom. The number of sulfonamides is 1. The lowest BCUT2D eigenvalue weighted by molar-refractivity contribution is -0.140. The molecule has 0 radical (unpaired) electrons. The van der Waals surface area contributed by atoms with Crippen molar-refractivity contribution in [3.05, 3.63) is 0 Å². The minimum atomic E-state index is -3.50. The van der Waals surface area contributed by atoms with Crippen LogP contribution in [-0.2, 0) is 14.8 Å². The zero-order valence-electron chi connectivity index (χ0n) is 9.52. The summed E-state index contributed by atoms with van der Waals surface area (Å²) < 4.78 is 25.2. The molecular weight excluding hydrogens is 218 g/mol. The first-order chi connectivity index (χ1) is 6.65. The van der Waals surface area contributed by atoms with E-state index in [1.165, 1.54) is 0 Å². The lowest BCUT2D eigenvalue weighted by atomic mass is 10.1. The Kier molecular flexibility index (Phi) is 5.23. The molecule has 0 aliphatic heterocycles. The van der Waals surface area contributed by atoms with E-state index in [2.05, 4.69) is 4.72 Å². The highest BCUT2D eigenvalue weighted by molar-refractivity contribution is 7.89. The average molecular weight is 237 g/mol. The second-order valence-electron chi connectivity index (χ2n) is 4.35. The summed E-state index contributed by atoms with van der Waals surface area (Å²) in [6.45, 7) is 6.86. The molecule has 0 aromatic rings. The van der Waals surface area contributed by atoms with E-state index < -0.39 is 22.0 Å². The number of nitrogens with one attached hydrogen (secondary N) is 1. The molecule has 0 rings (SSSR count). The maximum absolute atomic E-state index is 11.5. The smallest absolute Gasteiger partial charge is 0.321 e. The second-order valence-corrected chi connectivity index (χ2v) is 6.15. The number of aliphatic carboxylic acids is 1. The summed E-state index contributed by atoms with van der Waals surface area (Å²) in [7, 11) is -3.50. The van der Waals surface area contributed by atoms with Crippen molar-refractivity contribution in [2.45, 2.75) is 33.7 Å². The van der Waals surface area contributed by atoms with Gasteiger partial charge in [0.05, 0.1) is 5.75 Å². The van der Waals surface area contributed by atoms with Gasteiger partial charge in [-0.05, 0) is 11.8 Å². The summed E-state index contributed by atoms with van der Waals surface area (Å²) >= 11 is 0. The molecule has 0 unspecified atom stereocenters. The van der Waals surface area contributed by atoms with Gasteiger partial charge in [0, 0.05) is 0 Å². The molecule has 0 aromatic heterocycles. The van der Waals surface area contributed by atoms with Crippen LogP contribution in [0.25, 0.3) is 0 Å². The van der Waals surface area contributed by atoms with Crippen molar-refractivity contribution in [1.82, 2.24) is 4.72 Å². The first-order valence-corrected chi connectivity index (χ1v) is 6.53. The molecule has 5 nitrogen and oxygen atoms in total. The standard InChI is InChI=1S/C9H19NO4S/c1-6(2)5-15(13,14)10-8(7(3)4)9(11)12/h6-8,10H,5H2,1-4H3,(H,11,12)/t8-/m1/s1. The monoisotopic (exact) mass is 237 g/mol. The van der Waals surface area contributed by atoms with Gasteiger partial charge in [-0.3, -0.25) is 4.79 Å². The van der Waals surface area contributed by atoms with Crippen LogP contribution in [-0.4, -0.2) is 31.3 Å². The number of rotatable bonds is 6. The summed E-state index contributed by atoms with van der Waals surface area (Å²) in [6.07, 6.45) is 0. The van der Waals surface area contributed by atoms with Crippen LogP contribution in [0.3, 0.4) is 0 Å². The lowest BCUT2D eigenvalue weighted by Crippen LogP contribution is -2.45. The molecule has 0 fully saturated rings. The van der Waals surface area contributed by atoms with Gasteiger partial charge in [0.1, 0.15) is 6.04 Å². The van der Waals surface area contributed by atoms with Gasteiger partial charge in [0.25, 0.3) is 0 Å². The second kappa shape index (κ2) is 5.46. The van der Waals surface area contributed by atoms with E-state index in [0.29, 0.717) is 0 Å². The molecule has 0 saturated carbocycles. The van der Waals surface area contributed by atoms with Gasteiger partial charge in [-0.2, -0.15) is 0 Å². The quantitative estimate of drug-likeness (QED) is 0.711. The number of carbonyl (C=O) groups is 1. The summed E-state index contributed by atoms with van der Waals surface area (Å²) in [5.41, 5.74) is 0. The summed E-state index contributed by atoms with van der Waals surface area (Å²) in [5.74, 6) is -1.49. The highest BCUT2D eigenvalue weighted by Crippen LogP contribution is 2.06. The van der Waals surface area contributed by atoms with Gasteiger partial charge in [0.15, 0.2) is 0 Å². The Bertz CT molecular complexity index is 308. The molecule has 0 aliphatic carbocycles. The third-order valence-corrected chi connectivity index (χ3v) is 3.51. The normalized spacial score (nSPS) is 14.5. The average Bonchev–Trinajstić information content (AvgIpc) is 1.96. The molecule has 90 valence electrons. The van der Waals surface area contributed by atoms with Gasteiger partial charge < -0.3 is 5.11 Å². The van der Waals surface area contributed by atoms with E-state index in [0.717, 1.165) is 0 Å². The van der Waals surface area contributed by atoms with Crippen LogP contribution in [0.15, 0.2) is 0 Å².